The Hall–Kier alpha value is -1.90. The van der Waals surface area contributed by atoms with Gasteiger partial charge in [-0.15, -0.1) is 0 Å². The molecule has 4 rings (SSSR count). The van der Waals surface area contributed by atoms with Crippen molar-refractivity contribution in [1.82, 2.24) is 9.29 Å². The van der Waals surface area contributed by atoms with Crippen molar-refractivity contribution in [3.8, 4) is 11.1 Å². The maximum atomic E-state index is 14.7. The minimum atomic E-state index is -3.84. The highest BCUT2D eigenvalue weighted by Crippen LogP contribution is 2.75. The number of alkyl halides is 2. The molecule has 0 unspecified atom stereocenters. The zero-order valence-corrected chi connectivity index (χ0v) is 14.8. The fraction of sp³-hybridized carbons (Fsp3) is 0.389. The Labute approximate surface area is 151 Å². The Kier molecular flexibility index (Phi) is 3.91. The fourth-order valence-electron chi connectivity index (χ4n) is 4.16. The van der Waals surface area contributed by atoms with Crippen LogP contribution in [0.2, 0.25) is 0 Å². The third-order valence-electron chi connectivity index (χ3n) is 5.65. The second-order valence-corrected chi connectivity index (χ2v) is 8.54. The van der Waals surface area contributed by atoms with Crippen molar-refractivity contribution in [2.75, 3.05) is 13.1 Å². The van der Waals surface area contributed by atoms with Crippen molar-refractivity contribution in [1.29, 1.82) is 0 Å². The van der Waals surface area contributed by atoms with E-state index in [0.717, 1.165) is 15.4 Å². The Morgan fingerprint density at radius 3 is 2.35 bits per heavy atom. The molecule has 26 heavy (non-hydrogen) atoms. The number of rotatable bonds is 3. The second kappa shape index (κ2) is 5.80. The molecule has 8 heteroatoms. The minimum absolute atomic E-state index is 0.0172. The minimum Gasteiger partial charge on any atom is -0.261 e. The summed E-state index contributed by atoms with van der Waals surface area (Å²) in [5.41, 5.74) is 0.922. The first-order chi connectivity index (χ1) is 12.3. The number of benzene rings is 1. The molecule has 1 aromatic carbocycles. The predicted molar refractivity (Wildman–Crippen MR) is 93.7 cm³/mol. The highest BCUT2D eigenvalue weighted by atomic mass is 32.2. The smallest absolute Gasteiger partial charge is 0.261 e. The normalized spacial score (nSPS) is 24.5. The van der Waals surface area contributed by atoms with Crippen molar-refractivity contribution in [2.45, 2.75) is 24.7 Å². The van der Waals surface area contributed by atoms with Gasteiger partial charge in [-0.1, -0.05) is 30.3 Å². The third-order valence-corrected chi connectivity index (χ3v) is 6.74. The van der Waals surface area contributed by atoms with Gasteiger partial charge < -0.3 is 0 Å². The molecule has 2 aromatic rings. The average Bonchev–Trinajstić information content (AvgIpc) is 3.09. The molecule has 1 aliphatic carbocycles. The zero-order valence-electron chi connectivity index (χ0n) is 14.0. The number of halogens is 2. The van der Waals surface area contributed by atoms with Crippen molar-refractivity contribution < 1.29 is 17.2 Å². The highest BCUT2D eigenvalue weighted by Gasteiger charge is 2.81. The number of piperidine rings is 1. The summed E-state index contributed by atoms with van der Waals surface area (Å²) >= 11 is 0. The van der Waals surface area contributed by atoms with E-state index in [1.807, 2.05) is 30.3 Å². The molecule has 1 aliphatic heterocycles. The van der Waals surface area contributed by atoms with Crippen LogP contribution in [0.4, 0.5) is 8.78 Å². The van der Waals surface area contributed by atoms with Gasteiger partial charge in [-0.05, 0) is 36.1 Å². The van der Waals surface area contributed by atoms with Gasteiger partial charge in [0.1, 0.15) is 0 Å². The highest BCUT2D eigenvalue weighted by molar-refractivity contribution is 7.86. The van der Waals surface area contributed by atoms with E-state index in [-0.39, 0.29) is 25.9 Å². The molecule has 1 saturated heterocycles. The summed E-state index contributed by atoms with van der Waals surface area (Å²) in [6, 6.07) is 13.0. The molecular formula is C18H19F2N3O2S. The van der Waals surface area contributed by atoms with Crippen LogP contribution in [0.25, 0.3) is 11.1 Å². The van der Waals surface area contributed by atoms with Crippen LogP contribution in [-0.2, 0) is 10.2 Å². The van der Waals surface area contributed by atoms with Gasteiger partial charge in [-0.3, -0.25) is 4.98 Å². The summed E-state index contributed by atoms with van der Waals surface area (Å²) in [7, 11) is -3.84. The second-order valence-electron chi connectivity index (χ2n) is 6.99. The van der Waals surface area contributed by atoms with E-state index < -0.39 is 27.5 Å². The maximum absolute atomic E-state index is 14.7. The molecule has 0 amide bonds. The lowest BCUT2D eigenvalue weighted by Gasteiger charge is -2.30. The van der Waals surface area contributed by atoms with E-state index in [4.69, 9.17) is 5.14 Å². The van der Waals surface area contributed by atoms with Crippen LogP contribution >= 0.6 is 0 Å². The van der Waals surface area contributed by atoms with E-state index >= 15 is 0 Å². The van der Waals surface area contributed by atoms with Crippen molar-refractivity contribution >= 4 is 10.2 Å². The van der Waals surface area contributed by atoms with Gasteiger partial charge in [0.25, 0.3) is 16.1 Å². The molecule has 2 fully saturated rings. The molecule has 2 N–H and O–H groups in total. The standard InChI is InChI=1S/C18H19F2N3O2S/c19-18(20)16(17(18)7-10-23(11-8-17)26(21,24)25)15-12-14(6-9-22-15)13-4-2-1-3-5-13/h1-6,9,12,16H,7-8,10-11H2,(H2,21,24,25)/t16-/m0/s1. The topological polar surface area (TPSA) is 76.3 Å². The van der Waals surface area contributed by atoms with Crippen molar-refractivity contribution in [3.05, 3.63) is 54.4 Å². The molecule has 0 radical (unpaired) electrons. The largest absolute Gasteiger partial charge is 0.276 e. The molecule has 1 atom stereocenters. The van der Waals surface area contributed by atoms with E-state index in [9.17, 15) is 17.2 Å². The summed E-state index contributed by atoms with van der Waals surface area (Å²) in [6.07, 6.45) is 1.72. The van der Waals surface area contributed by atoms with Gasteiger partial charge >= 0.3 is 0 Å². The van der Waals surface area contributed by atoms with Gasteiger partial charge in [-0.25, -0.2) is 13.9 Å². The lowest BCUT2D eigenvalue weighted by molar-refractivity contribution is 0.0412. The lowest BCUT2D eigenvalue weighted by atomic mass is 9.90. The van der Waals surface area contributed by atoms with Crippen LogP contribution in [0, 0.1) is 5.41 Å². The van der Waals surface area contributed by atoms with Crippen LogP contribution in [0.5, 0.6) is 0 Å². The number of hydrogen-bond donors (Lipinski definition) is 1. The maximum Gasteiger partial charge on any atom is 0.276 e. The van der Waals surface area contributed by atoms with Crippen molar-refractivity contribution in [3.63, 3.8) is 0 Å². The number of hydrogen-bond acceptors (Lipinski definition) is 3. The Morgan fingerprint density at radius 2 is 1.73 bits per heavy atom. The number of nitrogens with two attached hydrogens (primary N) is 1. The SMILES string of the molecule is NS(=O)(=O)N1CCC2(CC1)[C@H](c1cc(-c3ccccc3)ccn1)C2(F)F. The summed E-state index contributed by atoms with van der Waals surface area (Å²) in [4.78, 5) is 4.20. The Balaban J connectivity index is 1.61. The lowest BCUT2D eigenvalue weighted by Crippen LogP contribution is -2.43. The molecule has 1 aromatic heterocycles. The zero-order chi connectivity index (χ0) is 18.6. The molecule has 2 heterocycles. The fourth-order valence-corrected chi connectivity index (χ4v) is 4.85. The molecule has 138 valence electrons. The van der Waals surface area contributed by atoms with Gasteiger partial charge in [0.05, 0.1) is 17.0 Å². The van der Waals surface area contributed by atoms with Crippen molar-refractivity contribution in [2.24, 2.45) is 10.6 Å². The van der Waals surface area contributed by atoms with Crippen LogP contribution in [0.3, 0.4) is 0 Å². The van der Waals surface area contributed by atoms with Crippen LogP contribution in [0.1, 0.15) is 24.5 Å². The first kappa shape index (κ1) is 17.5. The summed E-state index contributed by atoms with van der Waals surface area (Å²) in [5, 5.41) is 5.12. The monoisotopic (exact) mass is 379 g/mol. The van der Waals surface area contributed by atoms with E-state index in [0.29, 0.717) is 5.69 Å². The molecular weight excluding hydrogens is 360 g/mol. The van der Waals surface area contributed by atoms with Gasteiger partial charge in [0.15, 0.2) is 0 Å². The number of aromatic nitrogens is 1. The molecule has 5 nitrogen and oxygen atoms in total. The van der Waals surface area contributed by atoms with Crippen LogP contribution < -0.4 is 5.14 Å². The summed E-state index contributed by atoms with van der Waals surface area (Å²) in [6.45, 7) is 0.0343. The summed E-state index contributed by atoms with van der Waals surface area (Å²) < 4.78 is 53.4. The molecule has 1 spiro atoms. The Morgan fingerprint density at radius 1 is 1.08 bits per heavy atom. The van der Waals surface area contributed by atoms with Gasteiger partial charge in [0, 0.05) is 19.3 Å². The molecule has 0 bridgehead atoms. The number of pyridine rings is 1. The van der Waals surface area contributed by atoms with Gasteiger partial charge in [0.2, 0.25) is 0 Å². The number of nitrogens with zero attached hydrogens (tertiary/aromatic N) is 2. The van der Waals surface area contributed by atoms with Crippen LogP contribution in [-0.4, -0.2) is 36.7 Å². The average molecular weight is 379 g/mol. The first-order valence-electron chi connectivity index (χ1n) is 8.43. The summed E-state index contributed by atoms with van der Waals surface area (Å²) in [5.74, 6) is -3.87. The Bertz CT molecular complexity index is 926. The quantitative estimate of drug-likeness (QED) is 0.891. The molecule has 1 saturated carbocycles. The van der Waals surface area contributed by atoms with E-state index in [2.05, 4.69) is 4.98 Å². The third kappa shape index (κ3) is 2.64. The van der Waals surface area contributed by atoms with Gasteiger partial charge in [-0.2, -0.15) is 12.7 Å². The molecule has 2 aliphatic rings. The first-order valence-corrected chi connectivity index (χ1v) is 9.93. The van der Waals surface area contributed by atoms with E-state index in [1.54, 1.807) is 18.3 Å². The predicted octanol–water partition coefficient (Wildman–Crippen LogP) is 2.77. The van der Waals surface area contributed by atoms with Crippen LogP contribution in [0.15, 0.2) is 48.7 Å². The van der Waals surface area contributed by atoms with E-state index in [1.165, 1.54) is 0 Å².